The van der Waals surface area contributed by atoms with Gasteiger partial charge in [-0.05, 0) is 13.3 Å². The van der Waals surface area contributed by atoms with Crippen molar-refractivity contribution in [2.45, 2.75) is 65.2 Å². The molecule has 102 valence electrons. The van der Waals surface area contributed by atoms with E-state index in [4.69, 9.17) is 5.11 Å². The molecular weight excluding hydrogens is 214 g/mol. The zero-order chi connectivity index (χ0) is 12.9. The maximum atomic E-state index is 11.7. The van der Waals surface area contributed by atoms with Gasteiger partial charge in [0, 0.05) is 19.5 Å². The van der Waals surface area contributed by atoms with Gasteiger partial charge in [0.25, 0.3) is 0 Å². The van der Waals surface area contributed by atoms with Crippen LogP contribution in [-0.4, -0.2) is 35.6 Å². The van der Waals surface area contributed by atoms with Gasteiger partial charge in [0.2, 0.25) is 5.91 Å². The summed E-state index contributed by atoms with van der Waals surface area (Å²) in [4.78, 5) is 13.4. The van der Waals surface area contributed by atoms with E-state index in [2.05, 4.69) is 6.92 Å². The largest absolute Gasteiger partial charge is 0.395 e. The second-order valence-electron chi connectivity index (χ2n) is 4.57. The van der Waals surface area contributed by atoms with E-state index >= 15 is 0 Å². The summed E-state index contributed by atoms with van der Waals surface area (Å²) in [5.41, 5.74) is 0. The predicted octanol–water partition coefficient (Wildman–Crippen LogP) is 2.97. The zero-order valence-corrected chi connectivity index (χ0v) is 11.6. The Hall–Kier alpha value is -0.570. The van der Waals surface area contributed by atoms with E-state index in [0.29, 0.717) is 19.5 Å². The van der Waals surface area contributed by atoms with Crippen molar-refractivity contribution in [1.29, 1.82) is 0 Å². The Morgan fingerprint density at radius 1 is 1.00 bits per heavy atom. The maximum absolute atomic E-state index is 11.7. The van der Waals surface area contributed by atoms with Crippen LogP contribution in [0, 0.1) is 0 Å². The van der Waals surface area contributed by atoms with E-state index in [1.807, 2.05) is 6.92 Å². The van der Waals surface area contributed by atoms with Gasteiger partial charge < -0.3 is 10.0 Å². The molecule has 0 spiro atoms. The average molecular weight is 243 g/mol. The van der Waals surface area contributed by atoms with Gasteiger partial charge in [0.1, 0.15) is 0 Å². The average Bonchev–Trinajstić information content (AvgIpc) is 2.34. The number of unbranched alkanes of at least 4 members (excludes halogenated alkanes) is 6. The molecule has 0 aliphatic carbocycles. The number of aliphatic hydroxyl groups is 1. The first kappa shape index (κ1) is 16.4. The van der Waals surface area contributed by atoms with Crippen LogP contribution in [0.5, 0.6) is 0 Å². The fourth-order valence-corrected chi connectivity index (χ4v) is 1.97. The number of carbonyl (C=O) groups excluding carboxylic acids is 1. The molecule has 0 rings (SSSR count). The Morgan fingerprint density at radius 3 is 2.12 bits per heavy atom. The molecule has 0 saturated carbocycles. The van der Waals surface area contributed by atoms with Crippen molar-refractivity contribution >= 4 is 5.91 Å². The highest BCUT2D eigenvalue weighted by Gasteiger charge is 2.09. The van der Waals surface area contributed by atoms with E-state index in [-0.39, 0.29) is 12.5 Å². The van der Waals surface area contributed by atoms with Crippen LogP contribution in [0.2, 0.25) is 0 Å². The highest BCUT2D eigenvalue weighted by Crippen LogP contribution is 2.09. The Balaban J connectivity index is 3.43. The number of likely N-dealkylation sites (N-methyl/N-ethyl adjacent to an activating group) is 1. The number of rotatable bonds is 11. The van der Waals surface area contributed by atoms with Gasteiger partial charge >= 0.3 is 0 Å². The highest BCUT2D eigenvalue weighted by molar-refractivity contribution is 5.76. The number of amides is 1. The van der Waals surface area contributed by atoms with Gasteiger partial charge in [-0.2, -0.15) is 0 Å². The lowest BCUT2D eigenvalue weighted by Crippen LogP contribution is -2.33. The summed E-state index contributed by atoms with van der Waals surface area (Å²) >= 11 is 0. The van der Waals surface area contributed by atoms with E-state index in [0.717, 1.165) is 12.8 Å². The molecule has 0 radical (unpaired) electrons. The first-order chi connectivity index (χ1) is 8.26. The number of hydrogen-bond acceptors (Lipinski definition) is 2. The van der Waals surface area contributed by atoms with E-state index < -0.39 is 0 Å². The Morgan fingerprint density at radius 2 is 1.59 bits per heavy atom. The fraction of sp³-hybridized carbons (Fsp3) is 0.929. The lowest BCUT2D eigenvalue weighted by atomic mass is 10.1. The fourth-order valence-electron chi connectivity index (χ4n) is 1.97. The number of aliphatic hydroxyl groups excluding tert-OH is 1. The molecule has 17 heavy (non-hydrogen) atoms. The molecule has 0 fully saturated rings. The van der Waals surface area contributed by atoms with Gasteiger partial charge in [-0.1, -0.05) is 45.4 Å². The molecule has 0 aromatic heterocycles. The smallest absolute Gasteiger partial charge is 0.222 e. The third-order valence-electron chi connectivity index (χ3n) is 3.10. The monoisotopic (exact) mass is 243 g/mol. The number of hydrogen-bond donors (Lipinski definition) is 1. The minimum atomic E-state index is 0.0661. The SMILES string of the molecule is CCCCCCCCCC(=O)N(CC)CCO. The minimum Gasteiger partial charge on any atom is -0.395 e. The quantitative estimate of drug-likeness (QED) is 0.567. The lowest BCUT2D eigenvalue weighted by molar-refractivity contribution is -0.131. The topological polar surface area (TPSA) is 40.5 Å². The van der Waals surface area contributed by atoms with Crippen LogP contribution in [0.25, 0.3) is 0 Å². The summed E-state index contributed by atoms with van der Waals surface area (Å²) in [6.45, 7) is 5.43. The molecule has 0 aliphatic heterocycles. The lowest BCUT2D eigenvalue weighted by Gasteiger charge is -2.19. The molecule has 0 heterocycles. The summed E-state index contributed by atoms with van der Waals surface area (Å²) in [5, 5.41) is 8.81. The molecule has 0 saturated heterocycles. The van der Waals surface area contributed by atoms with Crippen molar-refractivity contribution in [3.8, 4) is 0 Å². The second-order valence-corrected chi connectivity index (χ2v) is 4.57. The van der Waals surface area contributed by atoms with Gasteiger partial charge in [0.05, 0.1) is 6.61 Å². The van der Waals surface area contributed by atoms with E-state index in [1.54, 1.807) is 4.90 Å². The summed E-state index contributed by atoms with van der Waals surface area (Å²) < 4.78 is 0. The standard InChI is InChI=1S/C14H29NO2/c1-3-5-6-7-8-9-10-11-14(17)15(4-2)12-13-16/h16H,3-13H2,1-2H3. The van der Waals surface area contributed by atoms with Crippen molar-refractivity contribution in [2.24, 2.45) is 0 Å². The molecular formula is C14H29NO2. The molecule has 0 atom stereocenters. The minimum absolute atomic E-state index is 0.0661. The van der Waals surface area contributed by atoms with Crippen LogP contribution in [0.3, 0.4) is 0 Å². The van der Waals surface area contributed by atoms with Gasteiger partial charge in [0.15, 0.2) is 0 Å². The Bertz CT molecular complexity index is 183. The molecule has 1 amide bonds. The molecule has 1 N–H and O–H groups in total. The first-order valence-electron chi connectivity index (χ1n) is 7.14. The molecule has 0 bridgehead atoms. The van der Waals surface area contributed by atoms with Crippen LogP contribution >= 0.6 is 0 Å². The number of carbonyl (C=O) groups is 1. The molecule has 3 heteroatoms. The molecule has 0 aliphatic rings. The summed E-state index contributed by atoms with van der Waals surface area (Å²) in [6.07, 6.45) is 9.29. The van der Waals surface area contributed by atoms with Gasteiger partial charge in [-0.3, -0.25) is 4.79 Å². The van der Waals surface area contributed by atoms with Gasteiger partial charge in [-0.15, -0.1) is 0 Å². The van der Waals surface area contributed by atoms with Crippen LogP contribution < -0.4 is 0 Å². The molecule has 3 nitrogen and oxygen atoms in total. The first-order valence-corrected chi connectivity index (χ1v) is 7.14. The van der Waals surface area contributed by atoms with Crippen LogP contribution in [0.1, 0.15) is 65.2 Å². The Labute approximate surface area is 106 Å². The van der Waals surface area contributed by atoms with Crippen molar-refractivity contribution in [3.05, 3.63) is 0 Å². The van der Waals surface area contributed by atoms with E-state index in [1.165, 1.54) is 32.1 Å². The van der Waals surface area contributed by atoms with Crippen LogP contribution in [-0.2, 0) is 4.79 Å². The van der Waals surface area contributed by atoms with Crippen LogP contribution in [0.15, 0.2) is 0 Å². The maximum Gasteiger partial charge on any atom is 0.222 e. The van der Waals surface area contributed by atoms with Crippen LogP contribution in [0.4, 0.5) is 0 Å². The zero-order valence-electron chi connectivity index (χ0n) is 11.6. The normalized spacial score (nSPS) is 10.5. The third kappa shape index (κ3) is 9.16. The second kappa shape index (κ2) is 11.9. The predicted molar refractivity (Wildman–Crippen MR) is 71.9 cm³/mol. The van der Waals surface area contributed by atoms with E-state index in [9.17, 15) is 4.79 Å². The van der Waals surface area contributed by atoms with Crippen molar-refractivity contribution < 1.29 is 9.90 Å². The molecule has 0 aromatic carbocycles. The highest BCUT2D eigenvalue weighted by atomic mass is 16.3. The summed E-state index contributed by atoms with van der Waals surface area (Å²) in [7, 11) is 0. The van der Waals surface area contributed by atoms with Crippen molar-refractivity contribution in [2.75, 3.05) is 19.7 Å². The van der Waals surface area contributed by atoms with Crippen molar-refractivity contribution in [1.82, 2.24) is 4.90 Å². The van der Waals surface area contributed by atoms with Crippen molar-refractivity contribution in [3.63, 3.8) is 0 Å². The molecule has 0 aromatic rings. The van der Waals surface area contributed by atoms with Gasteiger partial charge in [-0.25, -0.2) is 0 Å². The third-order valence-corrected chi connectivity index (χ3v) is 3.10. The Kier molecular flexibility index (Phi) is 11.5. The summed E-state index contributed by atoms with van der Waals surface area (Å²) in [6, 6.07) is 0. The number of nitrogens with zero attached hydrogens (tertiary/aromatic N) is 1. The molecule has 0 unspecified atom stereocenters. The summed E-state index contributed by atoms with van der Waals surface area (Å²) in [5.74, 6) is 0.190.